The molecule has 0 N–H and O–H groups in total. The molecule has 4 rings (SSSR count). The third kappa shape index (κ3) is 2.13. The highest BCUT2D eigenvalue weighted by Crippen LogP contribution is 2.62. The van der Waals surface area contributed by atoms with Gasteiger partial charge in [-0.1, -0.05) is 19.9 Å². The van der Waals surface area contributed by atoms with Crippen molar-refractivity contribution in [1.82, 2.24) is 0 Å². The molecule has 0 aromatic rings. The van der Waals surface area contributed by atoms with Crippen LogP contribution in [-0.4, -0.2) is 12.1 Å². The minimum absolute atomic E-state index is 0.171. The molecule has 0 spiro atoms. The van der Waals surface area contributed by atoms with Crippen LogP contribution in [0.5, 0.6) is 0 Å². The fourth-order valence-corrected chi connectivity index (χ4v) is 5.44. The summed E-state index contributed by atoms with van der Waals surface area (Å²) in [7, 11) is 0. The lowest BCUT2D eigenvalue weighted by Crippen LogP contribution is -2.57. The van der Waals surface area contributed by atoms with E-state index in [2.05, 4.69) is 13.5 Å². The molecule has 2 heteroatoms. The molecule has 0 aromatic carbocycles. The summed E-state index contributed by atoms with van der Waals surface area (Å²) in [4.78, 5) is 12.0. The van der Waals surface area contributed by atoms with Crippen LogP contribution in [0, 0.1) is 23.2 Å². The van der Waals surface area contributed by atoms with Gasteiger partial charge >= 0.3 is 5.97 Å². The summed E-state index contributed by atoms with van der Waals surface area (Å²) in [5.74, 6) is 2.27. The van der Waals surface area contributed by atoms with E-state index >= 15 is 0 Å². The van der Waals surface area contributed by atoms with Gasteiger partial charge in [-0.25, -0.2) is 4.79 Å². The van der Waals surface area contributed by atoms with E-state index in [1.54, 1.807) is 6.92 Å². The van der Waals surface area contributed by atoms with Crippen LogP contribution in [0.1, 0.15) is 58.8 Å². The lowest BCUT2D eigenvalue weighted by atomic mass is 9.47. The van der Waals surface area contributed by atoms with E-state index in [4.69, 9.17) is 4.74 Å². The summed E-state index contributed by atoms with van der Waals surface area (Å²) in [5.41, 5.74) is 0.842. The molecule has 106 valence electrons. The molecular formula is C17H26O2. The van der Waals surface area contributed by atoms with Crippen LogP contribution >= 0.6 is 0 Å². The van der Waals surface area contributed by atoms with Gasteiger partial charge in [0.25, 0.3) is 0 Å². The van der Waals surface area contributed by atoms with Crippen LogP contribution in [-0.2, 0) is 9.53 Å². The van der Waals surface area contributed by atoms with Gasteiger partial charge in [-0.15, -0.1) is 0 Å². The van der Waals surface area contributed by atoms with Gasteiger partial charge in [0.1, 0.15) is 6.10 Å². The molecule has 0 aliphatic heterocycles. The van der Waals surface area contributed by atoms with E-state index in [9.17, 15) is 4.79 Å². The summed E-state index contributed by atoms with van der Waals surface area (Å²) in [6.45, 7) is 7.75. The van der Waals surface area contributed by atoms with Gasteiger partial charge in [0.2, 0.25) is 0 Å². The van der Waals surface area contributed by atoms with Crippen molar-refractivity contribution in [2.45, 2.75) is 64.9 Å². The number of ether oxygens (including phenoxy) is 1. The van der Waals surface area contributed by atoms with Crippen LogP contribution in [0.4, 0.5) is 0 Å². The maximum absolute atomic E-state index is 12.0. The summed E-state index contributed by atoms with van der Waals surface area (Å²) in [5, 5.41) is 0. The molecule has 0 aromatic heterocycles. The first-order valence-electron chi connectivity index (χ1n) is 7.90. The molecule has 19 heavy (non-hydrogen) atoms. The standard InChI is InChI=1S/C17H26O2/c1-4-5-17-9-12-6-13(10-17)8-14(7-12)15(17)19-16(18)11(2)3/h12-15H,2,4-10H2,1,3H3. The highest BCUT2D eigenvalue weighted by Gasteiger charge is 2.58. The van der Waals surface area contributed by atoms with E-state index in [-0.39, 0.29) is 12.1 Å². The SMILES string of the molecule is C=C(C)C(=O)OC1C2CC3CC(C2)CC1(CCC)C3. The first-order valence-corrected chi connectivity index (χ1v) is 7.90. The molecule has 2 nitrogen and oxygen atoms in total. The lowest BCUT2D eigenvalue weighted by molar-refractivity contribution is -0.192. The molecule has 4 fully saturated rings. The van der Waals surface area contributed by atoms with Gasteiger partial charge < -0.3 is 4.74 Å². The quantitative estimate of drug-likeness (QED) is 0.563. The first-order chi connectivity index (χ1) is 9.04. The Balaban J connectivity index is 1.84. The van der Waals surface area contributed by atoms with Gasteiger partial charge in [0, 0.05) is 11.0 Å². The Morgan fingerprint density at radius 1 is 1.26 bits per heavy atom. The van der Waals surface area contributed by atoms with Crippen molar-refractivity contribution in [1.29, 1.82) is 0 Å². The van der Waals surface area contributed by atoms with Gasteiger partial charge in [0.05, 0.1) is 0 Å². The third-order valence-electron chi connectivity index (χ3n) is 5.69. The summed E-state index contributed by atoms with van der Waals surface area (Å²) in [6, 6.07) is 0. The average molecular weight is 262 g/mol. The number of carbonyl (C=O) groups excluding carboxylic acids is 1. The number of esters is 1. The second-order valence-electron chi connectivity index (χ2n) is 7.33. The third-order valence-corrected chi connectivity index (χ3v) is 5.69. The molecule has 4 saturated carbocycles. The van der Waals surface area contributed by atoms with E-state index in [1.165, 1.54) is 44.9 Å². The summed E-state index contributed by atoms with van der Waals surface area (Å²) in [6.07, 6.45) is 9.20. The van der Waals surface area contributed by atoms with Crippen LogP contribution in [0.3, 0.4) is 0 Å². The van der Waals surface area contributed by atoms with Crippen LogP contribution in [0.15, 0.2) is 12.2 Å². The van der Waals surface area contributed by atoms with Crippen LogP contribution < -0.4 is 0 Å². The maximum atomic E-state index is 12.0. The summed E-state index contributed by atoms with van der Waals surface area (Å²) < 4.78 is 5.91. The second kappa shape index (κ2) is 4.64. The maximum Gasteiger partial charge on any atom is 0.333 e. The van der Waals surface area contributed by atoms with Crippen molar-refractivity contribution in [3.05, 3.63) is 12.2 Å². The van der Waals surface area contributed by atoms with E-state index in [1.807, 2.05) is 0 Å². The van der Waals surface area contributed by atoms with Crippen LogP contribution in [0.25, 0.3) is 0 Å². The zero-order chi connectivity index (χ0) is 13.6. The molecular weight excluding hydrogens is 236 g/mol. The highest BCUT2D eigenvalue weighted by atomic mass is 16.5. The van der Waals surface area contributed by atoms with Crippen molar-refractivity contribution < 1.29 is 9.53 Å². The van der Waals surface area contributed by atoms with E-state index < -0.39 is 0 Å². The van der Waals surface area contributed by atoms with Crippen molar-refractivity contribution >= 4 is 5.97 Å². The molecule has 4 bridgehead atoms. The molecule has 3 atom stereocenters. The molecule has 4 aliphatic carbocycles. The molecule has 3 unspecified atom stereocenters. The van der Waals surface area contributed by atoms with Gasteiger partial charge in [-0.3, -0.25) is 0 Å². The fraction of sp³-hybridized carbons (Fsp3) is 0.824. The number of rotatable bonds is 4. The van der Waals surface area contributed by atoms with Gasteiger partial charge in [-0.2, -0.15) is 0 Å². The van der Waals surface area contributed by atoms with Crippen molar-refractivity contribution in [3.63, 3.8) is 0 Å². The first kappa shape index (κ1) is 13.2. The minimum atomic E-state index is -0.173. The predicted molar refractivity (Wildman–Crippen MR) is 75.6 cm³/mol. The molecule has 0 saturated heterocycles. The Labute approximate surface area is 116 Å². The number of carbonyl (C=O) groups is 1. The minimum Gasteiger partial charge on any atom is -0.458 e. The zero-order valence-electron chi connectivity index (χ0n) is 12.3. The Morgan fingerprint density at radius 3 is 2.42 bits per heavy atom. The zero-order valence-corrected chi connectivity index (χ0v) is 12.3. The topological polar surface area (TPSA) is 26.3 Å². The molecule has 4 aliphatic rings. The van der Waals surface area contributed by atoms with Crippen LogP contribution in [0.2, 0.25) is 0 Å². The second-order valence-corrected chi connectivity index (χ2v) is 7.33. The van der Waals surface area contributed by atoms with Gasteiger partial charge in [-0.05, 0) is 63.2 Å². The monoisotopic (exact) mass is 262 g/mol. The number of hydrogen-bond acceptors (Lipinski definition) is 2. The number of hydrogen-bond donors (Lipinski definition) is 0. The molecule has 0 heterocycles. The average Bonchev–Trinajstić information content (AvgIpc) is 2.32. The van der Waals surface area contributed by atoms with Crippen molar-refractivity contribution in [2.75, 3.05) is 0 Å². The fourth-order valence-electron chi connectivity index (χ4n) is 5.44. The smallest absolute Gasteiger partial charge is 0.333 e. The molecule has 0 radical (unpaired) electrons. The predicted octanol–water partition coefficient (Wildman–Crippen LogP) is 4.10. The largest absolute Gasteiger partial charge is 0.458 e. The lowest BCUT2D eigenvalue weighted by Gasteiger charge is -2.60. The van der Waals surface area contributed by atoms with E-state index in [0.717, 1.165) is 11.8 Å². The normalized spacial score (nSPS) is 43.3. The van der Waals surface area contributed by atoms with E-state index in [0.29, 0.717) is 16.9 Å². The Hall–Kier alpha value is -0.790. The Kier molecular flexibility index (Phi) is 3.23. The van der Waals surface area contributed by atoms with Crippen molar-refractivity contribution in [2.24, 2.45) is 23.2 Å². The molecule has 0 amide bonds. The summed E-state index contributed by atoms with van der Waals surface area (Å²) >= 11 is 0. The Bertz CT molecular complexity index is 384. The Morgan fingerprint density at radius 2 is 1.89 bits per heavy atom. The highest BCUT2D eigenvalue weighted by molar-refractivity contribution is 5.87. The van der Waals surface area contributed by atoms with Gasteiger partial charge in [0.15, 0.2) is 0 Å². The van der Waals surface area contributed by atoms with Crippen molar-refractivity contribution in [3.8, 4) is 0 Å².